The lowest BCUT2D eigenvalue weighted by molar-refractivity contribution is -0.870. The van der Waals surface area contributed by atoms with Gasteiger partial charge in [-0.15, -0.1) is 0 Å². The van der Waals surface area contributed by atoms with Gasteiger partial charge < -0.3 is 33.0 Å². The summed E-state index contributed by atoms with van der Waals surface area (Å²) in [6, 6.07) is 0. The Balaban J connectivity index is 4.53. The van der Waals surface area contributed by atoms with Gasteiger partial charge in [-0.2, -0.15) is 0 Å². The molecule has 0 fully saturated rings. The van der Waals surface area contributed by atoms with Gasteiger partial charge >= 0.3 is 11.9 Å². The monoisotopic (exact) mass is 820 g/mol. The first-order chi connectivity index (χ1) is 27.4. The summed E-state index contributed by atoms with van der Waals surface area (Å²) in [7, 11) is 1.08. The Morgan fingerprint density at radius 3 is 1.68 bits per heavy atom. The molecule has 1 N–H and O–H groups in total. The van der Waals surface area contributed by atoms with Gasteiger partial charge in [-0.05, 0) is 89.9 Å². The van der Waals surface area contributed by atoms with Crippen LogP contribution in [-0.4, -0.2) is 81.2 Å². The van der Waals surface area contributed by atoms with Crippen LogP contribution in [0.25, 0.3) is 0 Å². The maximum absolute atomic E-state index is 12.6. The zero-order valence-corrected chi connectivity index (χ0v) is 37.0. The normalized spacial score (nSPS) is 15.0. The molecular formula is C46H78NO9P. The summed E-state index contributed by atoms with van der Waals surface area (Å²) in [5.41, 5.74) is 0. The lowest BCUT2D eigenvalue weighted by atomic mass is 10.1. The number of phosphoric acid groups is 1. The second kappa shape index (κ2) is 37.4. The molecule has 0 aromatic carbocycles. The first-order valence-corrected chi connectivity index (χ1v) is 22.8. The van der Waals surface area contributed by atoms with Gasteiger partial charge in [0.05, 0.1) is 33.9 Å². The predicted octanol–water partition coefficient (Wildman–Crippen LogP) is 10.4. The lowest BCUT2D eigenvalue weighted by Crippen LogP contribution is -2.37. The predicted molar refractivity (Wildman–Crippen MR) is 232 cm³/mol. The standard InChI is InChI=1S/C46H78NO9P/c1-6-8-9-10-11-12-13-14-15-19-22-25-28-31-34-37-45(49)53-41-44(42-55-57(51,52)54-40-39-47(3,4)5)56-46(50)38-35-32-29-26-23-20-17-16-18-21-24-27-30-33-36-43(48)7-2/h8-9,11-12,14-15,17-18,20-21,26-27,29-30,43-44,48H,6-7,10,13,16,19,22-25,28,31-42H2,1-5H3/b9-8-,12-11-,15-14-,20-17-,21-18-,29-26-,30-27-/t43-,44-/m1/s1. The SMILES string of the molecule is CC/C=C\C/C=C\C/C=C\CCCCCCCC(=O)OC[C@H](COP(=O)([O-])OCC[N+](C)(C)C)OC(=O)CCC/C=C\C/C=C\C/C=C\C/C=C\CC[C@H](O)CC. The molecular weight excluding hydrogens is 741 g/mol. The highest BCUT2D eigenvalue weighted by Crippen LogP contribution is 2.38. The minimum absolute atomic E-state index is 0.0551. The van der Waals surface area contributed by atoms with Gasteiger partial charge in [0.1, 0.15) is 19.8 Å². The van der Waals surface area contributed by atoms with Crippen molar-refractivity contribution in [3.63, 3.8) is 0 Å². The largest absolute Gasteiger partial charge is 0.756 e. The number of rotatable bonds is 37. The number of carbonyl (C=O) groups excluding carboxylic acids is 2. The number of likely N-dealkylation sites (N-methyl/N-ethyl adjacent to an activating group) is 1. The van der Waals surface area contributed by atoms with Crippen LogP contribution >= 0.6 is 7.82 Å². The van der Waals surface area contributed by atoms with Gasteiger partial charge in [-0.25, -0.2) is 0 Å². The molecule has 0 aliphatic carbocycles. The van der Waals surface area contributed by atoms with Gasteiger partial charge in [0.2, 0.25) is 0 Å². The van der Waals surface area contributed by atoms with Crippen LogP contribution in [0.15, 0.2) is 85.1 Å². The van der Waals surface area contributed by atoms with Crippen LogP contribution in [0.3, 0.4) is 0 Å². The third kappa shape index (κ3) is 41.1. The highest BCUT2D eigenvalue weighted by Gasteiger charge is 2.21. The Hall–Kier alpha value is -2.85. The number of esters is 2. The summed E-state index contributed by atoms with van der Waals surface area (Å²) >= 11 is 0. The van der Waals surface area contributed by atoms with Crippen LogP contribution in [0.2, 0.25) is 0 Å². The highest BCUT2D eigenvalue weighted by molar-refractivity contribution is 7.45. The van der Waals surface area contributed by atoms with Gasteiger partial charge in [0.15, 0.2) is 6.10 Å². The molecule has 0 radical (unpaired) electrons. The summed E-state index contributed by atoms with van der Waals surface area (Å²) in [5.74, 6) is -0.949. The van der Waals surface area contributed by atoms with Crippen LogP contribution in [0.4, 0.5) is 0 Å². The maximum atomic E-state index is 12.6. The fourth-order valence-electron chi connectivity index (χ4n) is 5.05. The zero-order chi connectivity index (χ0) is 42.3. The van der Waals surface area contributed by atoms with E-state index in [2.05, 4.69) is 79.8 Å². The van der Waals surface area contributed by atoms with E-state index in [0.29, 0.717) is 30.3 Å². The summed E-state index contributed by atoms with van der Waals surface area (Å²) in [4.78, 5) is 37.5. The molecule has 326 valence electrons. The average Bonchev–Trinajstić information content (AvgIpc) is 3.16. The van der Waals surface area contributed by atoms with E-state index < -0.39 is 32.5 Å². The van der Waals surface area contributed by atoms with Gasteiger partial charge in [-0.3, -0.25) is 14.2 Å². The lowest BCUT2D eigenvalue weighted by Gasteiger charge is -2.28. The second-order valence-electron chi connectivity index (χ2n) is 15.1. The summed E-state index contributed by atoms with van der Waals surface area (Å²) in [5, 5.41) is 9.57. The fraction of sp³-hybridized carbons (Fsp3) is 0.652. The van der Waals surface area contributed by atoms with E-state index in [1.807, 2.05) is 40.2 Å². The highest BCUT2D eigenvalue weighted by atomic mass is 31.2. The van der Waals surface area contributed by atoms with Crippen molar-refractivity contribution < 1.29 is 47.2 Å². The number of nitrogens with zero attached hydrogens (tertiary/aromatic N) is 1. The summed E-state index contributed by atoms with van der Waals surface area (Å²) < 4.78 is 33.7. The van der Waals surface area contributed by atoms with Crippen molar-refractivity contribution in [1.82, 2.24) is 0 Å². The number of hydrogen-bond donors (Lipinski definition) is 1. The van der Waals surface area contributed by atoms with Gasteiger partial charge in [0, 0.05) is 12.8 Å². The molecule has 0 aromatic heterocycles. The Labute approximate surface area is 346 Å². The minimum atomic E-state index is -4.66. The number of aliphatic hydroxyl groups is 1. The summed E-state index contributed by atoms with van der Waals surface area (Å²) in [6.07, 6.45) is 44.2. The van der Waals surface area contributed by atoms with E-state index in [9.17, 15) is 24.2 Å². The molecule has 0 rings (SSSR count). The van der Waals surface area contributed by atoms with Crippen molar-refractivity contribution in [1.29, 1.82) is 0 Å². The topological polar surface area (TPSA) is 131 Å². The van der Waals surface area contributed by atoms with E-state index in [0.717, 1.165) is 89.9 Å². The molecule has 10 nitrogen and oxygen atoms in total. The maximum Gasteiger partial charge on any atom is 0.306 e. The molecule has 0 spiro atoms. The van der Waals surface area contributed by atoms with Gasteiger partial charge in [0.25, 0.3) is 7.82 Å². The number of unbranched alkanes of at least 4 members (excludes halogenated alkanes) is 6. The molecule has 3 atom stereocenters. The Kier molecular flexibility index (Phi) is 35.6. The van der Waals surface area contributed by atoms with Crippen LogP contribution in [0.5, 0.6) is 0 Å². The molecule has 11 heteroatoms. The Morgan fingerprint density at radius 1 is 0.632 bits per heavy atom. The molecule has 0 bridgehead atoms. The van der Waals surface area contributed by atoms with Crippen LogP contribution in [-0.2, 0) is 32.7 Å². The van der Waals surface area contributed by atoms with E-state index in [4.69, 9.17) is 18.5 Å². The molecule has 1 unspecified atom stereocenters. The number of phosphoric ester groups is 1. The number of carbonyl (C=O) groups is 2. The van der Waals surface area contributed by atoms with E-state index >= 15 is 0 Å². The van der Waals surface area contributed by atoms with Crippen molar-refractivity contribution in [3.05, 3.63) is 85.1 Å². The number of aliphatic hydroxyl groups excluding tert-OH is 1. The Morgan fingerprint density at radius 2 is 1.12 bits per heavy atom. The first kappa shape index (κ1) is 54.2. The molecule has 0 heterocycles. The van der Waals surface area contributed by atoms with Gasteiger partial charge in [-0.1, -0.05) is 118 Å². The minimum Gasteiger partial charge on any atom is -0.756 e. The smallest absolute Gasteiger partial charge is 0.306 e. The molecule has 0 aromatic rings. The van der Waals surface area contributed by atoms with Crippen molar-refractivity contribution in [2.75, 3.05) is 47.5 Å². The zero-order valence-electron chi connectivity index (χ0n) is 36.1. The van der Waals surface area contributed by atoms with Crippen LogP contribution in [0.1, 0.15) is 136 Å². The number of ether oxygens (including phenoxy) is 2. The number of quaternary nitrogens is 1. The van der Waals surface area contributed by atoms with E-state index in [1.165, 1.54) is 0 Å². The quantitative estimate of drug-likeness (QED) is 0.0214. The number of hydrogen-bond acceptors (Lipinski definition) is 9. The van der Waals surface area contributed by atoms with Crippen molar-refractivity contribution in [2.45, 2.75) is 148 Å². The molecule has 0 saturated carbocycles. The molecule has 0 amide bonds. The Bertz CT molecular complexity index is 1260. The van der Waals surface area contributed by atoms with Crippen LogP contribution < -0.4 is 4.89 Å². The first-order valence-electron chi connectivity index (χ1n) is 21.4. The summed E-state index contributed by atoms with van der Waals surface area (Å²) in [6.45, 7) is 3.71. The fourth-order valence-corrected chi connectivity index (χ4v) is 5.78. The third-order valence-corrected chi connectivity index (χ3v) is 9.53. The number of allylic oxidation sites excluding steroid dienone is 14. The molecule has 57 heavy (non-hydrogen) atoms. The van der Waals surface area contributed by atoms with E-state index in [-0.39, 0.29) is 32.2 Å². The van der Waals surface area contributed by atoms with E-state index in [1.54, 1.807) is 0 Å². The molecule has 0 aliphatic rings. The van der Waals surface area contributed by atoms with Crippen molar-refractivity contribution in [3.8, 4) is 0 Å². The molecule has 0 saturated heterocycles. The second-order valence-corrected chi connectivity index (χ2v) is 16.5. The average molecular weight is 820 g/mol. The van der Waals surface area contributed by atoms with Crippen molar-refractivity contribution >= 4 is 19.8 Å². The molecule has 0 aliphatic heterocycles. The third-order valence-electron chi connectivity index (χ3n) is 8.56. The van der Waals surface area contributed by atoms with Crippen LogP contribution in [0, 0.1) is 0 Å². The van der Waals surface area contributed by atoms with Crippen molar-refractivity contribution in [2.24, 2.45) is 0 Å².